The highest BCUT2D eigenvalue weighted by molar-refractivity contribution is 7.92. The summed E-state index contributed by atoms with van der Waals surface area (Å²) in [5.41, 5.74) is 3.00. The highest BCUT2D eigenvalue weighted by Gasteiger charge is 2.28. The standard InChI is InChI=1S/C21H22FN3O6S/c1-13(22)31-16-6-3-14(4-7-16)15-5-8-17-18(11-15)23-12-25(21(17)27)10-9-19(20(26)24-28)32(2,29)30/h3-8,11-13,19,28H,9-10H2,1-2H3,(H,24,26). The summed E-state index contributed by atoms with van der Waals surface area (Å²) in [6.07, 6.45) is 0.540. The van der Waals surface area contributed by atoms with E-state index in [0.717, 1.165) is 17.4 Å². The molecule has 1 aromatic heterocycles. The largest absolute Gasteiger partial charge is 0.461 e. The number of hydrogen-bond acceptors (Lipinski definition) is 7. The van der Waals surface area contributed by atoms with E-state index in [-0.39, 0.29) is 18.5 Å². The van der Waals surface area contributed by atoms with Crippen LogP contribution in [0.4, 0.5) is 4.39 Å². The lowest BCUT2D eigenvalue weighted by Crippen LogP contribution is -2.39. The molecule has 2 N–H and O–H groups in total. The lowest BCUT2D eigenvalue weighted by atomic mass is 10.0. The van der Waals surface area contributed by atoms with Gasteiger partial charge in [-0.05, 0) is 41.8 Å². The number of ether oxygens (including phenoxy) is 1. The van der Waals surface area contributed by atoms with Crippen molar-refractivity contribution in [1.29, 1.82) is 0 Å². The predicted molar refractivity (Wildman–Crippen MR) is 116 cm³/mol. The average molecular weight is 463 g/mol. The lowest BCUT2D eigenvalue weighted by Gasteiger charge is -2.14. The number of sulfone groups is 1. The third kappa shape index (κ3) is 5.29. The number of hydroxylamine groups is 1. The first-order valence-electron chi connectivity index (χ1n) is 9.63. The Balaban J connectivity index is 1.85. The SMILES string of the molecule is CC(F)Oc1ccc(-c2ccc3c(=O)n(CCC(C(=O)NO)S(C)(=O)=O)cnc3c2)cc1. The zero-order chi connectivity index (χ0) is 23.5. The van der Waals surface area contributed by atoms with Crippen molar-refractivity contribution < 1.29 is 27.5 Å². The van der Waals surface area contributed by atoms with Crippen molar-refractivity contribution in [2.24, 2.45) is 0 Å². The normalized spacial score (nSPS) is 13.5. The molecule has 2 unspecified atom stereocenters. The fraction of sp³-hybridized carbons (Fsp3) is 0.286. The van der Waals surface area contributed by atoms with Crippen molar-refractivity contribution in [2.75, 3.05) is 6.26 Å². The molecule has 32 heavy (non-hydrogen) atoms. The second-order valence-corrected chi connectivity index (χ2v) is 9.47. The molecule has 0 aliphatic rings. The quantitative estimate of drug-likeness (QED) is 0.387. The summed E-state index contributed by atoms with van der Waals surface area (Å²) >= 11 is 0. The Hall–Kier alpha value is -3.31. The second kappa shape index (κ2) is 9.45. The van der Waals surface area contributed by atoms with Gasteiger partial charge in [0.2, 0.25) is 6.36 Å². The van der Waals surface area contributed by atoms with Gasteiger partial charge in [-0.2, -0.15) is 0 Å². The summed E-state index contributed by atoms with van der Waals surface area (Å²) in [6, 6.07) is 11.9. The van der Waals surface area contributed by atoms with Crippen LogP contribution in [-0.4, -0.2) is 46.9 Å². The van der Waals surface area contributed by atoms with Gasteiger partial charge >= 0.3 is 0 Å². The molecule has 3 aromatic rings. The number of carbonyl (C=O) groups excluding carboxylic acids is 1. The van der Waals surface area contributed by atoms with Gasteiger partial charge < -0.3 is 4.74 Å². The highest BCUT2D eigenvalue weighted by Crippen LogP contribution is 2.25. The molecule has 3 rings (SSSR count). The number of benzene rings is 2. The fourth-order valence-electron chi connectivity index (χ4n) is 3.28. The number of aromatic nitrogens is 2. The minimum Gasteiger partial charge on any atom is -0.461 e. The van der Waals surface area contributed by atoms with E-state index in [9.17, 15) is 22.4 Å². The number of aryl methyl sites for hydroxylation is 1. The van der Waals surface area contributed by atoms with Gasteiger partial charge in [0.15, 0.2) is 9.84 Å². The maximum atomic E-state index is 12.9. The van der Waals surface area contributed by atoms with Gasteiger partial charge in [0.1, 0.15) is 11.0 Å². The van der Waals surface area contributed by atoms with Crippen molar-refractivity contribution >= 4 is 26.6 Å². The molecule has 0 spiro atoms. The van der Waals surface area contributed by atoms with Crippen molar-refractivity contribution in [3.63, 3.8) is 0 Å². The lowest BCUT2D eigenvalue weighted by molar-refractivity contribution is -0.128. The van der Waals surface area contributed by atoms with Crippen LogP contribution < -0.4 is 15.8 Å². The van der Waals surface area contributed by atoms with Crippen LogP contribution in [0.15, 0.2) is 53.6 Å². The van der Waals surface area contributed by atoms with Crippen LogP contribution in [0.3, 0.4) is 0 Å². The van der Waals surface area contributed by atoms with Crippen LogP contribution in [0.1, 0.15) is 13.3 Å². The van der Waals surface area contributed by atoms with Gasteiger partial charge in [-0.15, -0.1) is 0 Å². The number of halogens is 1. The van der Waals surface area contributed by atoms with Gasteiger partial charge in [-0.25, -0.2) is 23.3 Å². The van der Waals surface area contributed by atoms with Gasteiger partial charge in [0.25, 0.3) is 11.5 Å². The number of alkyl halides is 1. The Morgan fingerprint density at radius 2 is 1.88 bits per heavy atom. The first-order chi connectivity index (χ1) is 15.1. The van der Waals surface area contributed by atoms with E-state index in [2.05, 4.69) is 4.98 Å². The average Bonchev–Trinajstić information content (AvgIpc) is 2.74. The van der Waals surface area contributed by atoms with Gasteiger partial charge in [-0.1, -0.05) is 18.2 Å². The van der Waals surface area contributed by atoms with E-state index in [1.54, 1.807) is 42.5 Å². The monoisotopic (exact) mass is 463 g/mol. The summed E-state index contributed by atoms with van der Waals surface area (Å²) in [7, 11) is -3.79. The Morgan fingerprint density at radius 3 is 2.47 bits per heavy atom. The van der Waals surface area contributed by atoms with Crippen LogP contribution in [0.2, 0.25) is 0 Å². The van der Waals surface area contributed by atoms with E-state index in [0.29, 0.717) is 16.7 Å². The molecule has 1 heterocycles. The molecule has 0 aliphatic carbocycles. The van der Waals surface area contributed by atoms with Gasteiger partial charge in [0, 0.05) is 19.7 Å². The molecule has 1 amide bonds. The minimum atomic E-state index is -3.79. The van der Waals surface area contributed by atoms with Crippen LogP contribution in [0.25, 0.3) is 22.0 Å². The second-order valence-electron chi connectivity index (χ2n) is 7.24. The third-order valence-electron chi connectivity index (χ3n) is 4.86. The summed E-state index contributed by atoms with van der Waals surface area (Å²) in [5, 5.41) is 7.60. The molecule has 170 valence electrons. The molecule has 0 saturated heterocycles. The molecule has 0 fully saturated rings. The van der Waals surface area contributed by atoms with Crippen LogP contribution in [-0.2, 0) is 21.2 Å². The molecule has 0 bridgehead atoms. The van der Waals surface area contributed by atoms with E-state index >= 15 is 0 Å². The molecule has 0 saturated carbocycles. The highest BCUT2D eigenvalue weighted by atomic mass is 32.2. The number of nitrogens with one attached hydrogen (secondary N) is 1. The topological polar surface area (TPSA) is 128 Å². The molecule has 9 nitrogen and oxygen atoms in total. The molecule has 2 aromatic carbocycles. The molecule has 11 heteroatoms. The predicted octanol–water partition coefficient (Wildman–Crippen LogP) is 2.07. The summed E-state index contributed by atoms with van der Waals surface area (Å²) in [6.45, 7) is 1.21. The fourth-order valence-corrected chi connectivity index (χ4v) is 4.25. The number of nitrogens with zero attached hydrogens (tertiary/aromatic N) is 2. The Morgan fingerprint density at radius 1 is 1.22 bits per heavy atom. The third-order valence-corrected chi connectivity index (χ3v) is 6.35. The number of amides is 1. The maximum Gasteiger partial charge on any atom is 0.261 e. The molecule has 2 atom stereocenters. The number of hydrogen-bond donors (Lipinski definition) is 2. The van der Waals surface area contributed by atoms with Crippen molar-refractivity contribution in [1.82, 2.24) is 15.0 Å². The van der Waals surface area contributed by atoms with Crippen LogP contribution >= 0.6 is 0 Å². The van der Waals surface area contributed by atoms with Crippen LogP contribution in [0.5, 0.6) is 5.75 Å². The zero-order valence-electron chi connectivity index (χ0n) is 17.4. The van der Waals surface area contributed by atoms with Gasteiger partial charge in [-0.3, -0.25) is 19.4 Å². The molecule has 0 radical (unpaired) electrons. The first-order valence-corrected chi connectivity index (χ1v) is 11.6. The van der Waals surface area contributed by atoms with Gasteiger partial charge in [0.05, 0.1) is 17.2 Å². The first kappa shape index (κ1) is 23.4. The van der Waals surface area contributed by atoms with Crippen molar-refractivity contribution in [3.05, 3.63) is 59.1 Å². The summed E-state index contributed by atoms with van der Waals surface area (Å²) in [4.78, 5) is 28.7. The molecular formula is C21H22FN3O6S. The minimum absolute atomic E-state index is 0.0802. The maximum absolute atomic E-state index is 12.9. The summed E-state index contributed by atoms with van der Waals surface area (Å²) in [5.74, 6) is -0.663. The number of rotatable bonds is 8. The van der Waals surface area contributed by atoms with Crippen molar-refractivity contribution in [3.8, 4) is 16.9 Å². The van der Waals surface area contributed by atoms with E-state index in [4.69, 9.17) is 9.94 Å². The molecule has 0 aliphatic heterocycles. The number of fused-ring (bicyclic) bond motifs is 1. The molecular weight excluding hydrogens is 441 g/mol. The zero-order valence-corrected chi connectivity index (χ0v) is 18.2. The van der Waals surface area contributed by atoms with E-state index in [1.165, 1.54) is 23.3 Å². The van der Waals surface area contributed by atoms with E-state index in [1.807, 2.05) is 0 Å². The smallest absolute Gasteiger partial charge is 0.261 e. The Kier molecular flexibility index (Phi) is 6.90. The summed E-state index contributed by atoms with van der Waals surface area (Å²) < 4.78 is 42.7. The van der Waals surface area contributed by atoms with Crippen LogP contribution in [0, 0.1) is 0 Å². The van der Waals surface area contributed by atoms with E-state index < -0.39 is 27.4 Å². The Bertz CT molecular complexity index is 1290. The Labute approximate surface area is 183 Å². The van der Waals surface area contributed by atoms with Crippen molar-refractivity contribution in [2.45, 2.75) is 31.5 Å². The number of carbonyl (C=O) groups is 1.